The van der Waals surface area contributed by atoms with E-state index >= 15 is 0 Å². The lowest BCUT2D eigenvalue weighted by Gasteiger charge is -2.29. The third-order valence-electron chi connectivity index (χ3n) is 2.03. The molecule has 1 aliphatic rings. The SMILES string of the molecule is N#CCCCSC(=S)N1CCNCC1. The lowest BCUT2D eigenvalue weighted by atomic mass is 10.4. The molecule has 0 spiro atoms. The van der Waals surface area contributed by atoms with Crippen molar-refractivity contribution in [2.24, 2.45) is 0 Å². The van der Waals surface area contributed by atoms with Crippen LogP contribution in [0.4, 0.5) is 0 Å². The summed E-state index contributed by atoms with van der Waals surface area (Å²) in [6, 6.07) is 2.14. The first kappa shape index (κ1) is 11.8. The summed E-state index contributed by atoms with van der Waals surface area (Å²) in [5.41, 5.74) is 0. The fourth-order valence-corrected chi connectivity index (χ4v) is 2.51. The van der Waals surface area contributed by atoms with Gasteiger partial charge in [-0.3, -0.25) is 0 Å². The zero-order chi connectivity index (χ0) is 10.2. The van der Waals surface area contributed by atoms with E-state index < -0.39 is 0 Å². The summed E-state index contributed by atoms with van der Waals surface area (Å²) in [6.45, 7) is 4.09. The summed E-state index contributed by atoms with van der Waals surface area (Å²) in [5, 5.41) is 11.7. The standard InChI is InChI=1S/C9H15N3S2/c10-3-1-2-8-14-9(13)12-6-4-11-5-7-12/h11H,1-2,4-8H2. The van der Waals surface area contributed by atoms with Gasteiger partial charge in [0.1, 0.15) is 4.32 Å². The van der Waals surface area contributed by atoms with Gasteiger partial charge in [0.2, 0.25) is 0 Å². The summed E-state index contributed by atoms with van der Waals surface area (Å²) in [7, 11) is 0. The van der Waals surface area contributed by atoms with E-state index in [0.717, 1.165) is 42.7 Å². The first-order chi connectivity index (χ1) is 6.84. The number of rotatable bonds is 3. The highest BCUT2D eigenvalue weighted by molar-refractivity contribution is 8.22. The molecule has 78 valence electrons. The third kappa shape index (κ3) is 4.27. The highest BCUT2D eigenvalue weighted by Gasteiger charge is 2.12. The molecule has 1 rings (SSSR count). The van der Waals surface area contributed by atoms with Gasteiger partial charge in [-0.15, -0.1) is 0 Å². The lowest BCUT2D eigenvalue weighted by Crippen LogP contribution is -2.45. The van der Waals surface area contributed by atoms with E-state index in [1.54, 1.807) is 11.8 Å². The van der Waals surface area contributed by atoms with E-state index in [2.05, 4.69) is 16.3 Å². The van der Waals surface area contributed by atoms with Crippen molar-refractivity contribution in [1.82, 2.24) is 10.2 Å². The summed E-state index contributed by atoms with van der Waals surface area (Å²) >= 11 is 7.00. The normalized spacial score (nSPS) is 16.4. The third-order valence-corrected chi connectivity index (χ3v) is 3.64. The molecule has 3 nitrogen and oxygen atoms in total. The van der Waals surface area contributed by atoms with Crippen LogP contribution >= 0.6 is 24.0 Å². The molecule has 1 fully saturated rings. The summed E-state index contributed by atoms with van der Waals surface area (Å²) in [6.07, 6.45) is 1.57. The number of thiocarbonyl (C=S) groups is 1. The Hall–Kier alpha value is -0.310. The van der Waals surface area contributed by atoms with Gasteiger partial charge in [0.05, 0.1) is 6.07 Å². The molecule has 1 heterocycles. The van der Waals surface area contributed by atoms with Crippen LogP contribution in [0.5, 0.6) is 0 Å². The van der Waals surface area contributed by atoms with Gasteiger partial charge in [0, 0.05) is 38.4 Å². The molecule has 0 aromatic rings. The monoisotopic (exact) mass is 229 g/mol. The number of unbranched alkanes of at least 4 members (excludes halogenated alkanes) is 1. The first-order valence-corrected chi connectivity index (χ1v) is 6.23. The van der Waals surface area contributed by atoms with Crippen molar-refractivity contribution in [2.45, 2.75) is 12.8 Å². The van der Waals surface area contributed by atoms with Crippen molar-refractivity contribution < 1.29 is 0 Å². The van der Waals surface area contributed by atoms with Crippen molar-refractivity contribution in [3.63, 3.8) is 0 Å². The molecule has 5 heteroatoms. The summed E-state index contributed by atoms with van der Waals surface area (Å²) < 4.78 is 0.990. The Morgan fingerprint density at radius 2 is 2.21 bits per heavy atom. The number of nitrogens with zero attached hydrogens (tertiary/aromatic N) is 2. The van der Waals surface area contributed by atoms with Crippen molar-refractivity contribution in [2.75, 3.05) is 31.9 Å². The molecule has 0 amide bonds. The Balaban J connectivity index is 2.11. The van der Waals surface area contributed by atoms with Crippen LogP contribution in [-0.2, 0) is 0 Å². The van der Waals surface area contributed by atoms with E-state index in [-0.39, 0.29) is 0 Å². The summed E-state index contributed by atoms with van der Waals surface area (Å²) in [4.78, 5) is 2.24. The molecule has 0 aromatic heterocycles. The molecule has 0 unspecified atom stereocenters. The maximum atomic E-state index is 8.37. The number of thioether (sulfide) groups is 1. The Kier molecular flexibility index (Phi) is 5.92. The van der Waals surface area contributed by atoms with E-state index in [0.29, 0.717) is 6.42 Å². The van der Waals surface area contributed by atoms with Crippen LogP contribution in [-0.4, -0.2) is 41.2 Å². The average molecular weight is 229 g/mol. The zero-order valence-corrected chi connectivity index (χ0v) is 9.79. The molecule has 0 aliphatic carbocycles. The minimum absolute atomic E-state index is 0.636. The van der Waals surface area contributed by atoms with Crippen molar-refractivity contribution in [3.8, 4) is 6.07 Å². The van der Waals surface area contributed by atoms with Gasteiger partial charge in [-0.05, 0) is 6.42 Å². The van der Waals surface area contributed by atoms with Crippen LogP contribution in [0.3, 0.4) is 0 Å². The van der Waals surface area contributed by atoms with Gasteiger partial charge in [0.25, 0.3) is 0 Å². The fourth-order valence-electron chi connectivity index (χ4n) is 1.25. The van der Waals surface area contributed by atoms with Gasteiger partial charge in [-0.1, -0.05) is 24.0 Å². The maximum absolute atomic E-state index is 8.37. The van der Waals surface area contributed by atoms with Gasteiger partial charge < -0.3 is 10.2 Å². The second-order valence-corrected chi connectivity index (χ2v) is 4.84. The van der Waals surface area contributed by atoms with Gasteiger partial charge in [-0.2, -0.15) is 5.26 Å². The molecule has 0 saturated carbocycles. The second kappa shape index (κ2) is 7.04. The predicted molar refractivity (Wildman–Crippen MR) is 64.3 cm³/mol. The Morgan fingerprint density at radius 1 is 1.50 bits per heavy atom. The van der Waals surface area contributed by atoms with Crippen LogP contribution in [0.2, 0.25) is 0 Å². The first-order valence-electron chi connectivity index (χ1n) is 4.84. The van der Waals surface area contributed by atoms with E-state index in [4.69, 9.17) is 17.5 Å². The van der Waals surface area contributed by atoms with Crippen molar-refractivity contribution in [3.05, 3.63) is 0 Å². The predicted octanol–water partition coefficient (Wildman–Crippen LogP) is 1.21. The molecule has 14 heavy (non-hydrogen) atoms. The molecule has 0 bridgehead atoms. The number of hydrogen-bond acceptors (Lipinski definition) is 4. The van der Waals surface area contributed by atoms with E-state index in [1.807, 2.05) is 0 Å². The molecular weight excluding hydrogens is 214 g/mol. The Bertz CT molecular complexity index is 219. The molecule has 0 atom stereocenters. The lowest BCUT2D eigenvalue weighted by molar-refractivity contribution is 0.368. The summed E-state index contributed by atoms with van der Waals surface area (Å²) in [5.74, 6) is 0.969. The van der Waals surface area contributed by atoms with Gasteiger partial charge in [-0.25, -0.2) is 0 Å². The minimum Gasteiger partial charge on any atom is -0.355 e. The van der Waals surface area contributed by atoms with Crippen LogP contribution in [0.15, 0.2) is 0 Å². The van der Waals surface area contributed by atoms with Crippen LogP contribution < -0.4 is 5.32 Å². The van der Waals surface area contributed by atoms with Crippen molar-refractivity contribution in [1.29, 1.82) is 5.26 Å². The van der Waals surface area contributed by atoms with Crippen LogP contribution in [0.1, 0.15) is 12.8 Å². The zero-order valence-electron chi connectivity index (χ0n) is 8.16. The van der Waals surface area contributed by atoms with Crippen molar-refractivity contribution >= 4 is 28.3 Å². The quantitative estimate of drug-likeness (QED) is 0.582. The molecule has 1 N–H and O–H groups in total. The second-order valence-electron chi connectivity index (χ2n) is 3.11. The number of hydrogen-bond donors (Lipinski definition) is 1. The topological polar surface area (TPSA) is 39.1 Å². The maximum Gasteiger partial charge on any atom is 0.136 e. The van der Waals surface area contributed by atoms with E-state index in [1.165, 1.54) is 0 Å². The van der Waals surface area contributed by atoms with Gasteiger partial charge >= 0.3 is 0 Å². The molecule has 1 saturated heterocycles. The fraction of sp³-hybridized carbons (Fsp3) is 0.778. The highest BCUT2D eigenvalue weighted by Crippen LogP contribution is 2.12. The average Bonchev–Trinajstić information content (AvgIpc) is 2.25. The minimum atomic E-state index is 0.636. The molecule has 0 aromatic carbocycles. The molecule has 1 aliphatic heterocycles. The van der Waals surface area contributed by atoms with E-state index in [9.17, 15) is 0 Å². The number of piperazine rings is 1. The van der Waals surface area contributed by atoms with Gasteiger partial charge in [0.15, 0.2) is 0 Å². The number of nitrogens with one attached hydrogen (secondary N) is 1. The Labute approximate surface area is 94.8 Å². The largest absolute Gasteiger partial charge is 0.355 e. The molecular formula is C9H15N3S2. The Morgan fingerprint density at radius 3 is 2.86 bits per heavy atom. The van der Waals surface area contributed by atoms with Crippen LogP contribution in [0.25, 0.3) is 0 Å². The number of nitriles is 1. The van der Waals surface area contributed by atoms with Crippen LogP contribution in [0, 0.1) is 11.3 Å². The smallest absolute Gasteiger partial charge is 0.136 e. The highest BCUT2D eigenvalue weighted by atomic mass is 32.2. The molecule has 0 radical (unpaired) electrons.